The third-order valence-corrected chi connectivity index (χ3v) is 9.51. The first-order valence-electron chi connectivity index (χ1n) is 10.3. The first kappa shape index (κ1) is 22.2. The maximum absolute atomic E-state index is 11.6. The number of benzene rings is 3. The van der Waals surface area contributed by atoms with Crippen LogP contribution in [-0.2, 0) is 9.53 Å². The van der Waals surface area contributed by atoms with E-state index < -0.39 is 13.3 Å². The van der Waals surface area contributed by atoms with Crippen molar-refractivity contribution in [2.45, 2.75) is 13.0 Å². The van der Waals surface area contributed by atoms with Gasteiger partial charge in [0.2, 0.25) is 5.91 Å². The molecule has 3 aromatic rings. The summed E-state index contributed by atoms with van der Waals surface area (Å²) in [7, 11) is -1.87. The average Bonchev–Trinajstić information content (AvgIpc) is 2.80. The Morgan fingerprint density at radius 2 is 1.27 bits per heavy atom. The van der Waals surface area contributed by atoms with E-state index in [1.165, 1.54) is 15.9 Å². The lowest BCUT2D eigenvalue weighted by atomic mass is 10.3. The fourth-order valence-corrected chi connectivity index (χ4v) is 7.71. The van der Waals surface area contributed by atoms with Crippen molar-refractivity contribution in [3.05, 3.63) is 91.0 Å². The Kier molecular flexibility index (Phi) is 8.15. The molecule has 3 rings (SSSR count). The molecule has 156 valence electrons. The minimum absolute atomic E-state index is 0.154. The monoisotopic (exact) mass is 421 g/mol. The van der Waals surface area contributed by atoms with E-state index in [2.05, 4.69) is 96.3 Å². The molecule has 0 aliphatic carbocycles. The van der Waals surface area contributed by atoms with E-state index >= 15 is 0 Å². The predicted octanol–water partition coefficient (Wildman–Crippen LogP) is 2.46. The standard InChI is InChI=1S/C25H29N2O2P/c1-21(26)25(28)27-17-18-29-19-20-30(22-11-5-2-6-12-22,23-13-7-3-8-14-23)24-15-9-4-10-16-24/h2-16,21H,17-20,26H2,1H3/p+1. The molecule has 0 aliphatic heterocycles. The molecular weight excluding hydrogens is 391 g/mol. The lowest BCUT2D eigenvalue weighted by Crippen LogP contribution is -2.40. The van der Waals surface area contributed by atoms with Gasteiger partial charge in [0.15, 0.2) is 0 Å². The summed E-state index contributed by atoms with van der Waals surface area (Å²) in [6.45, 7) is 3.22. The molecule has 0 aliphatic rings. The highest BCUT2D eigenvalue weighted by atomic mass is 31.2. The first-order valence-corrected chi connectivity index (χ1v) is 12.3. The fourth-order valence-electron chi connectivity index (χ4n) is 3.59. The van der Waals surface area contributed by atoms with E-state index in [1.807, 2.05) is 0 Å². The lowest BCUT2D eigenvalue weighted by molar-refractivity contribution is -0.122. The number of rotatable bonds is 10. The van der Waals surface area contributed by atoms with Crippen LogP contribution in [0.2, 0.25) is 0 Å². The van der Waals surface area contributed by atoms with Crippen LogP contribution in [0.4, 0.5) is 0 Å². The molecule has 1 amide bonds. The quantitative estimate of drug-likeness (QED) is 0.391. The number of amides is 1. The van der Waals surface area contributed by atoms with Gasteiger partial charge < -0.3 is 15.8 Å². The molecule has 0 bridgehead atoms. The normalized spacial score (nSPS) is 12.3. The smallest absolute Gasteiger partial charge is 0.236 e. The SMILES string of the molecule is CC(N)C(=O)NCCOCC[P+](c1ccccc1)(c1ccccc1)c1ccccc1. The molecular formula is C25H30N2O2P+. The Balaban J connectivity index is 1.84. The molecule has 1 atom stereocenters. The molecule has 1 unspecified atom stereocenters. The largest absolute Gasteiger partial charge is 0.376 e. The van der Waals surface area contributed by atoms with Gasteiger partial charge in [-0.05, 0) is 43.3 Å². The van der Waals surface area contributed by atoms with Crippen molar-refractivity contribution < 1.29 is 9.53 Å². The first-order chi connectivity index (χ1) is 14.6. The second kappa shape index (κ2) is 11.0. The van der Waals surface area contributed by atoms with Crippen LogP contribution in [0.25, 0.3) is 0 Å². The highest BCUT2D eigenvalue weighted by Crippen LogP contribution is 2.54. The summed E-state index contributed by atoms with van der Waals surface area (Å²) in [5, 5.41) is 6.83. The van der Waals surface area contributed by atoms with Gasteiger partial charge in [0.25, 0.3) is 0 Å². The molecule has 0 saturated carbocycles. The molecule has 0 spiro atoms. The molecule has 4 nitrogen and oxygen atoms in total. The average molecular weight is 422 g/mol. The number of carbonyl (C=O) groups excluding carboxylic acids is 1. The summed E-state index contributed by atoms with van der Waals surface area (Å²) in [5.74, 6) is -0.154. The van der Waals surface area contributed by atoms with Crippen molar-refractivity contribution >= 4 is 29.1 Å². The second-order valence-corrected chi connectivity index (χ2v) is 10.8. The summed E-state index contributed by atoms with van der Waals surface area (Å²) in [5.41, 5.74) is 5.58. The van der Waals surface area contributed by atoms with Crippen LogP contribution in [0.3, 0.4) is 0 Å². The van der Waals surface area contributed by atoms with Crippen molar-refractivity contribution in [3.8, 4) is 0 Å². The van der Waals surface area contributed by atoms with Gasteiger partial charge in [-0.1, -0.05) is 54.6 Å². The van der Waals surface area contributed by atoms with Crippen LogP contribution in [-0.4, -0.2) is 37.9 Å². The number of nitrogens with one attached hydrogen (secondary N) is 1. The Morgan fingerprint density at radius 1 is 0.833 bits per heavy atom. The van der Waals surface area contributed by atoms with Crippen molar-refractivity contribution in [1.82, 2.24) is 5.32 Å². The summed E-state index contributed by atoms with van der Waals surface area (Å²) in [4.78, 5) is 11.6. The summed E-state index contributed by atoms with van der Waals surface area (Å²) >= 11 is 0. The van der Waals surface area contributed by atoms with Crippen molar-refractivity contribution in [1.29, 1.82) is 0 Å². The third-order valence-electron chi connectivity index (χ3n) is 5.12. The Morgan fingerprint density at radius 3 is 1.67 bits per heavy atom. The molecule has 0 aromatic heterocycles. The zero-order valence-corrected chi connectivity index (χ0v) is 18.3. The van der Waals surface area contributed by atoms with Gasteiger partial charge in [-0.15, -0.1) is 0 Å². The van der Waals surface area contributed by atoms with Crippen LogP contribution in [0, 0.1) is 0 Å². The third kappa shape index (κ3) is 5.34. The number of hydrogen-bond donors (Lipinski definition) is 2. The second-order valence-electron chi connectivity index (χ2n) is 7.23. The number of carbonyl (C=O) groups is 1. The zero-order valence-electron chi connectivity index (χ0n) is 17.4. The molecule has 0 saturated heterocycles. The zero-order chi connectivity index (χ0) is 21.2. The maximum atomic E-state index is 11.6. The number of nitrogens with two attached hydrogens (primary N) is 1. The highest BCUT2D eigenvalue weighted by molar-refractivity contribution is 7.95. The molecule has 3 aromatic carbocycles. The van der Waals surface area contributed by atoms with Gasteiger partial charge in [-0.2, -0.15) is 0 Å². The molecule has 5 heteroatoms. The Hall–Kier alpha value is -2.52. The number of ether oxygens (including phenoxy) is 1. The highest BCUT2D eigenvalue weighted by Gasteiger charge is 2.44. The van der Waals surface area contributed by atoms with Crippen LogP contribution < -0.4 is 27.0 Å². The minimum atomic E-state index is -1.87. The van der Waals surface area contributed by atoms with E-state index in [9.17, 15) is 4.79 Å². The number of hydrogen-bond acceptors (Lipinski definition) is 3. The molecule has 0 fully saturated rings. The van der Waals surface area contributed by atoms with Crippen LogP contribution in [0.15, 0.2) is 91.0 Å². The molecule has 0 heterocycles. The van der Waals surface area contributed by atoms with Gasteiger partial charge in [-0.25, -0.2) is 0 Å². The van der Waals surface area contributed by atoms with Crippen molar-refractivity contribution in [2.24, 2.45) is 5.73 Å². The van der Waals surface area contributed by atoms with E-state index in [-0.39, 0.29) is 5.91 Å². The predicted molar refractivity (Wildman–Crippen MR) is 127 cm³/mol. The van der Waals surface area contributed by atoms with E-state index in [1.54, 1.807) is 6.92 Å². The maximum Gasteiger partial charge on any atom is 0.236 e. The molecule has 0 radical (unpaired) electrons. The van der Waals surface area contributed by atoms with Gasteiger partial charge in [0.1, 0.15) is 23.2 Å². The van der Waals surface area contributed by atoms with E-state index in [0.717, 1.165) is 6.16 Å². The van der Waals surface area contributed by atoms with Crippen LogP contribution in [0.1, 0.15) is 6.92 Å². The van der Waals surface area contributed by atoms with Gasteiger partial charge in [0, 0.05) is 6.54 Å². The van der Waals surface area contributed by atoms with E-state index in [4.69, 9.17) is 10.5 Å². The van der Waals surface area contributed by atoms with Gasteiger partial charge in [-0.3, -0.25) is 4.79 Å². The topological polar surface area (TPSA) is 64.4 Å². The molecule has 3 N–H and O–H groups in total. The summed E-state index contributed by atoms with van der Waals surface area (Å²) in [6, 6.07) is 31.7. The Bertz CT molecular complexity index is 806. The van der Waals surface area contributed by atoms with Crippen LogP contribution >= 0.6 is 7.26 Å². The fraction of sp³-hybridized carbons (Fsp3) is 0.240. The van der Waals surface area contributed by atoms with Crippen molar-refractivity contribution in [2.75, 3.05) is 25.9 Å². The van der Waals surface area contributed by atoms with E-state index in [0.29, 0.717) is 19.8 Å². The van der Waals surface area contributed by atoms with Gasteiger partial charge in [0.05, 0.1) is 25.4 Å². The van der Waals surface area contributed by atoms with Gasteiger partial charge >= 0.3 is 0 Å². The minimum Gasteiger partial charge on any atom is -0.376 e. The Labute approximate surface area is 179 Å². The van der Waals surface area contributed by atoms with Crippen LogP contribution in [0.5, 0.6) is 0 Å². The summed E-state index contributed by atoms with van der Waals surface area (Å²) in [6.07, 6.45) is 0.895. The summed E-state index contributed by atoms with van der Waals surface area (Å²) < 4.78 is 5.96. The lowest BCUT2D eigenvalue weighted by Gasteiger charge is -2.27. The van der Waals surface area contributed by atoms with Crippen molar-refractivity contribution in [3.63, 3.8) is 0 Å². The molecule has 30 heavy (non-hydrogen) atoms.